The SMILES string of the molecule is CCCCC#CCCCCCCCCCCCCOC(C)=O. The first kappa shape index (κ1) is 21.0. The van der Waals surface area contributed by atoms with Crippen molar-refractivity contribution in [2.45, 2.75) is 104 Å². The normalized spacial score (nSPS) is 10.1. The van der Waals surface area contributed by atoms with Crippen LogP contribution in [0.2, 0.25) is 0 Å². The van der Waals surface area contributed by atoms with Crippen LogP contribution in [0.25, 0.3) is 0 Å². The summed E-state index contributed by atoms with van der Waals surface area (Å²) >= 11 is 0. The van der Waals surface area contributed by atoms with Gasteiger partial charge in [-0.1, -0.05) is 64.7 Å². The van der Waals surface area contributed by atoms with Gasteiger partial charge in [0.05, 0.1) is 6.61 Å². The summed E-state index contributed by atoms with van der Waals surface area (Å²) in [4.78, 5) is 10.6. The van der Waals surface area contributed by atoms with Gasteiger partial charge in [-0.3, -0.25) is 4.79 Å². The first-order valence-electron chi connectivity index (χ1n) is 9.36. The third-order valence-corrected chi connectivity index (χ3v) is 3.78. The number of carbonyl (C=O) groups is 1. The van der Waals surface area contributed by atoms with Crippen LogP contribution in [0.5, 0.6) is 0 Å². The maximum atomic E-state index is 10.6. The molecular formula is C20H36O2. The summed E-state index contributed by atoms with van der Waals surface area (Å²) < 4.78 is 4.91. The van der Waals surface area contributed by atoms with Crippen LogP contribution < -0.4 is 0 Å². The predicted octanol–water partition coefficient (Wildman–Crippen LogP) is 6.03. The van der Waals surface area contributed by atoms with Crippen molar-refractivity contribution in [1.82, 2.24) is 0 Å². The summed E-state index contributed by atoms with van der Waals surface area (Å²) in [5.74, 6) is 6.38. The number of hydrogen-bond acceptors (Lipinski definition) is 2. The van der Waals surface area contributed by atoms with Gasteiger partial charge in [-0.25, -0.2) is 0 Å². The molecule has 0 aromatic heterocycles. The zero-order valence-electron chi connectivity index (χ0n) is 14.9. The Morgan fingerprint density at radius 1 is 0.727 bits per heavy atom. The molecule has 0 aromatic carbocycles. The van der Waals surface area contributed by atoms with Crippen LogP contribution >= 0.6 is 0 Å². The minimum atomic E-state index is -0.160. The number of esters is 1. The summed E-state index contributed by atoms with van der Waals surface area (Å²) in [6.45, 7) is 4.28. The van der Waals surface area contributed by atoms with E-state index in [4.69, 9.17) is 4.74 Å². The Hall–Kier alpha value is -0.970. The minimum Gasteiger partial charge on any atom is -0.466 e. The Morgan fingerprint density at radius 2 is 1.18 bits per heavy atom. The Labute approximate surface area is 138 Å². The van der Waals surface area contributed by atoms with Crippen LogP contribution in [0.15, 0.2) is 0 Å². The summed E-state index contributed by atoms with van der Waals surface area (Å²) in [5.41, 5.74) is 0. The first-order valence-corrected chi connectivity index (χ1v) is 9.36. The lowest BCUT2D eigenvalue weighted by Gasteiger charge is -2.03. The van der Waals surface area contributed by atoms with Gasteiger partial charge in [0, 0.05) is 19.8 Å². The highest BCUT2D eigenvalue weighted by Crippen LogP contribution is 2.11. The van der Waals surface area contributed by atoms with Gasteiger partial charge in [0.1, 0.15) is 0 Å². The average molecular weight is 309 g/mol. The van der Waals surface area contributed by atoms with Gasteiger partial charge < -0.3 is 4.74 Å². The van der Waals surface area contributed by atoms with Crippen molar-refractivity contribution in [2.75, 3.05) is 6.61 Å². The molecule has 2 nitrogen and oxygen atoms in total. The molecule has 0 amide bonds. The molecule has 0 rings (SSSR count). The third-order valence-electron chi connectivity index (χ3n) is 3.78. The largest absolute Gasteiger partial charge is 0.466 e. The summed E-state index contributed by atoms with van der Waals surface area (Å²) in [6.07, 6.45) is 17.5. The molecule has 0 heterocycles. The van der Waals surface area contributed by atoms with Crippen LogP contribution in [-0.2, 0) is 9.53 Å². The molecule has 0 atom stereocenters. The minimum absolute atomic E-state index is 0.160. The summed E-state index contributed by atoms with van der Waals surface area (Å²) in [6, 6.07) is 0. The van der Waals surface area contributed by atoms with Crippen molar-refractivity contribution in [3.8, 4) is 11.8 Å². The molecule has 0 radical (unpaired) electrons. The molecule has 0 spiro atoms. The van der Waals surface area contributed by atoms with E-state index in [9.17, 15) is 4.79 Å². The fourth-order valence-corrected chi connectivity index (χ4v) is 2.39. The highest BCUT2D eigenvalue weighted by molar-refractivity contribution is 5.65. The molecule has 0 saturated heterocycles. The Balaban J connectivity index is 3.05. The molecule has 22 heavy (non-hydrogen) atoms. The summed E-state index contributed by atoms with van der Waals surface area (Å²) in [7, 11) is 0. The zero-order chi connectivity index (χ0) is 16.3. The van der Waals surface area contributed by atoms with Crippen LogP contribution in [0.4, 0.5) is 0 Å². The third kappa shape index (κ3) is 19.0. The predicted molar refractivity (Wildman–Crippen MR) is 94.7 cm³/mol. The number of unbranched alkanes of at least 4 members (excludes halogenated alkanes) is 12. The van der Waals surface area contributed by atoms with E-state index in [2.05, 4.69) is 18.8 Å². The molecule has 0 aromatic rings. The first-order chi connectivity index (χ1) is 10.8. The highest BCUT2D eigenvalue weighted by Gasteiger charge is 1.95. The molecule has 2 heteroatoms. The Bertz CT molecular complexity index is 299. The van der Waals surface area contributed by atoms with Crippen molar-refractivity contribution < 1.29 is 9.53 Å². The van der Waals surface area contributed by atoms with Crippen molar-refractivity contribution in [3.63, 3.8) is 0 Å². The standard InChI is InChI=1S/C20H36O2/c1-3-4-5-6-7-8-9-10-11-12-13-14-15-16-17-18-19-22-20(2)21/h3-5,8-19H2,1-2H3. The van der Waals surface area contributed by atoms with Gasteiger partial charge in [0.2, 0.25) is 0 Å². The van der Waals surface area contributed by atoms with Crippen LogP contribution in [0, 0.1) is 11.8 Å². The van der Waals surface area contributed by atoms with Crippen molar-refractivity contribution >= 4 is 5.97 Å². The lowest BCUT2D eigenvalue weighted by atomic mass is 10.1. The molecule has 0 aliphatic carbocycles. The fraction of sp³-hybridized carbons (Fsp3) is 0.850. The van der Waals surface area contributed by atoms with Gasteiger partial charge in [0.15, 0.2) is 0 Å². The number of hydrogen-bond donors (Lipinski definition) is 0. The van der Waals surface area contributed by atoms with Crippen molar-refractivity contribution in [2.24, 2.45) is 0 Å². The van der Waals surface area contributed by atoms with E-state index < -0.39 is 0 Å². The molecule has 0 bridgehead atoms. The lowest BCUT2D eigenvalue weighted by Crippen LogP contribution is -2.00. The van der Waals surface area contributed by atoms with Crippen molar-refractivity contribution in [3.05, 3.63) is 0 Å². The van der Waals surface area contributed by atoms with E-state index in [0.29, 0.717) is 6.61 Å². The van der Waals surface area contributed by atoms with Gasteiger partial charge in [-0.15, -0.1) is 11.8 Å². The molecule has 0 aliphatic heterocycles. The molecule has 0 N–H and O–H groups in total. The maximum Gasteiger partial charge on any atom is 0.302 e. The van der Waals surface area contributed by atoms with E-state index in [1.165, 1.54) is 77.6 Å². The molecule has 128 valence electrons. The van der Waals surface area contributed by atoms with E-state index >= 15 is 0 Å². The molecule has 0 fully saturated rings. The quantitative estimate of drug-likeness (QED) is 0.222. The smallest absolute Gasteiger partial charge is 0.302 e. The molecule has 0 saturated carbocycles. The molecule has 0 unspecified atom stereocenters. The Kier molecular flexibility index (Phi) is 17.3. The lowest BCUT2D eigenvalue weighted by molar-refractivity contribution is -0.141. The molecule has 0 aliphatic rings. The Morgan fingerprint density at radius 3 is 1.68 bits per heavy atom. The van der Waals surface area contributed by atoms with Crippen molar-refractivity contribution in [1.29, 1.82) is 0 Å². The van der Waals surface area contributed by atoms with Gasteiger partial charge in [-0.05, 0) is 19.3 Å². The van der Waals surface area contributed by atoms with E-state index in [0.717, 1.165) is 19.3 Å². The number of carbonyl (C=O) groups excluding carboxylic acids is 1. The number of rotatable bonds is 14. The van der Waals surface area contributed by atoms with Gasteiger partial charge in [-0.2, -0.15) is 0 Å². The van der Waals surface area contributed by atoms with Crippen LogP contribution in [-0.4, -0.2) is 12.6 Å². The van der Waals surface area contributed by atoms with Gasteiger partial charge in [0.25, 0.3) is 0 Å². The van der Waals surface area contributed by atoms with Crippen LogP contribution in [0.3, 0.4) is 0 Å². The van der Waals surface area contributed by atoms with Gasteiger partial charge >= 0.3 is 5.97 Å². The van der Waals surface area contributed by atoms with E-state index in [1.807, 2.05) is 0 Å². The zero-order valence-corrected chi connectivity index (χ0v) is 14.9. The van der Waals surface area contributed by atoms with Crippen LogP contribution in [0.1, 0.15) is 104 Å². The maximum absolute atomic E-state index is 10.6. The second kappa shape index (κ2) is 18.1. The number of ether oxygens (including phenoxy) is 1. The topological polar surface area (TPSA) is 26.3 Å². The summed E-state index contributed by atoms with van der Waals surface area (Å²) in [5, 5.41) is 0. The fourth-order valence-electron chi connectivity index (χ4n) is 2.39. The van der Waals surface area contributed by atoms with E-state index in [-0.39, 0.29) is 5.97 Å². The second-order valence-corrected chi connectivity index (χ2v) is 6.08. The monoisotopic (exact) mass is 308 g/mol. The average Bonchev–Trinajstić information content (AvgIpc) is 2.50. The second-order valence-electron chi connectivity index (χ2n) is 6.08. The van der Waals surface area contributed by atoms with E-state index in [1.54, 1.807) is 0 Å². The molecular weight excluding hydrogens is 272 g/mol. The highest BCUT2D eigenvalue weighted by atomic mass is 16.5.